The van der Waals surface area contributed by atoms with Crippen molar-refractivity contribution in [1.29, 1.82) is 0 Å². The molecular weight excluding hydrogens is 396 g/mol. The van der Waals surface area contributed by atoms with Crippen molar-refractivity contribution in [3.8, 4) is 16.5 Å². The first kappa shape index (κ1) is 17.3. The number of aromatic nitrogens is 3. The fourth-order valence-corrected chi connectivity index (χ4v) is 4.75. The second-order valence-electron chi connectivity index (χ2n) is 6.43. The van der Waals surface area contributed by atoms with Gasteiger partial charge in [-0.2, -0.15) is 0 Å². The molecule has 28 heavy (non-hydrogen) atoms. The third-order valence-electron chi connectivity index (χ3n) is 4.76. The number of hydrogen-bond donors (Lipinski definition) is 0. The number of hydrogen-bond acceptors (Lipinski definition) is 6. The van der Waals surface area contributed by atoms with E-state index in [-0.39, 0.29) is 11.9 Å². The highest BCUT2D eigenvalue weighted by molar-refractivity contribution is 7.18. The lowest BCUT2D eigenvalue weighted by Gasteiger charge is -2.42. The maximum absolute atomic E-state index is 12.5. The van der Waals surface area contributed by atoms with E-state index < -0.39 is 5.38 Å². The molecule has 0 saturated carbocycles. The molecule has 8 heteroatoms. The molecule has 3 heterocycles. The average Bonchev–Trinajstić information content (AvgIpc) is 3.09. The Morgan fingerprint density at radius 1 is 1.18 bits per heavy atom. The summed E-state index contributed by atoms with van der Waals surface area (Å²) in [5.41, 5.74) is 2.50. The van der Waals surface area contributed by atoms with Gasteiger partial charge in [-0.3, -0.25) is 9.69 Å². The number of benzene rings is 2. The number of amides is 1. The molecule has 2 unspecified atom stereocenters. The van der Waals surface area contributed by atoms with E-state index in [0.717, 1.165) is 27.2 Å². The number of ether oxygens (including phenoxy) is 1. The maximum Gasteiger partial charge on any atom is 0.250 e. The molecule has 0 radical (unpaired) electrons. The SMILES string of the molecule is CCOc1ccc2nc3sc(N4C(=O)C(Cl)C4c4ccccc4)nnc-3c2c1. The Bertz CT molecular complexity index is 1150. The first-order valence-electron chi connectivity index (χ1n) is 8.89. The summed E-state index contributed by atoms with van der Waals surface area (Å²) in [6.45, 7) is 2.53. The van der Waals surface area contributed by atoms with Crippen LogP contribution >= 0.6 is 22.9 Å². The van der Waals surface area contributed by atoms with Gasteiger partial charge in [0.1, 0.15) is 21.8 Å². The average molecular weight is 411 g/mol. The molecule has 0 aliphatic carbocycles. The van der Waals surface area contributed by atoms with Crippen LogP contribution in [-0.4, -0.2) is 33.1 Å². The lowest BCUT2D eigenvalue weighted by Crippen LogP contribution is -2.56. The van der Waals surface area contributed by atoms with Gasteiger partial charge in [0, 0.05) is 5.39 Å². The van der Waals surface area contributed by atoms with Gasteiger partial charge in [-0.1, -0.05) is 41.7 Å². The number of carbonyl (C=O) groups excluding carboxylic acids is 1. The standard InChI is InChI=1S/C20H15ClN4O2S/c1-2-27-12-8-9-14-13(10-12)16-18(22-14)28-20(24-23-16)25-17(15(21)19(25)26)11-6-4-3-5-7-11/h3-10,15,17H,2H2,1H3. The van der Waals surface area contributed by atoms with E-state index in [1.54, 1.807) is 4.90 Å². The largest absolute Gasteiger partial charge is 0.494 e. The van der Waals surface area contributed by atoms with Crippen LogP contribution in [0.25, 0.3) is 21.6 Å². The summed E-state index contributed by atoms with van der Waals surface area (Å²) in [6, 6.07) is 15.2. The molecule has 0 aromatic heterocycles. The van der Waals surface area contributed by atoms with Gasteiger partial charge < -0.3 is 4.74 Å². The number of carbonyl (C=O) groups is 1. The summed E-state index contributed by atoms with van der Waals surface area (Å²) in [7, 11) is 0. The molecule has 3 aliphatic rings. The van der Waals surface area contributed by atoms with E-state index in [9.17, 15) is 4.79 Å². The van der Waals surface area contributed by atoms with Gasteiger partial charge in [0.15, 0.2) is 0 Å². The minimum Gasteiger partial charge on any atom is -0.494 e. The van der Waals surface area contributed by atoms with Crippen molar-refractivity contribution in [3.63, 3.8) is 0 Å². The highest BCUT2D eigenvalue weighted by Gasteiger charge is 2.49. The van der Waals surface area contributed by atoms with E-state index in [1.807, 2.05) is 55.5 Å². The zero-order chi connectivity index (χ0) is 19.3. The van der Waals surface area contributed by atoms with Crippen molar-refractivity contribution in [2.75, 3.05) is 11.5 Å². The van der Waals surface area contributed by atoms with Crippen molar-refractivity contribution < 1.29 is 9.53 Å². The van der Waals surface area contributed by atoms with E-state index in [0.29, 0.717) is 17.4 Å². The maximum atomic E-state index is 12.5. The molecule has 6 nitrogen and oxygen atoms in total. The molecular formula is C20H15ClN4O2S. The zero-order valence-electron chi connectivity index (χ0n) is 14.9. The molecule has 1 saturated heterocycles. The Hall–Kier alpha value is -2.77. The number of halogens is 1. The lowest BCUT2D eigenvalue weighted by atomic mass is 9.94. The first-order chi connectivity index (χ1) is 13.7. The van der Waals surface area contributed by atoms with Crippen LogP contribution in [0.15, 0.2) is 48.5 Å². The van der Waals surface area contributed by atoms with Crippen LogP contribution in [0.2, 0.25) is 0 Å². The number of alkyl halides is 1. The molecule has 5 rings (SSSR count). The highest BCUT2D eigenvalue weighted by Crippen LogP contribution is 2.45. The quantitative estimate of drug-likeness (QED) is 0.371. The minimum absolute atomic E-state index is 0.171. The molecule has 2 aromatic rings. The smallest absolute Gasteiger partial charge is 0.250 e. The van der Waals surface area contributed by atoms with Crippen molar-refractivity contribution in [2.24, 2.45) is 0 Å². The number of nitrogens with zero attached hydrogens (tertiary/aromatic N) is 4. The Labute approximate surface area is 170 Å². The van der Waals surface area contributed by atoms with Crippen LogP contribution in [0, 0.1) is 0 Å². The lowest BCUT2D eigenvalue weighted by molar-refractivity contribution is -0.123. The molecule has 2 atom stereocenters. The summed E-state index contributed by atoms with van der Waals surface area (Å²) in [5.74, 6) is 0.599. The summed E-state index contributed by atoms with van der Waals surface area (Å²) < 4.78 is 5.57. The Morgan fingerprint density at radius 2 is 2.00 bits per heavy atom. The molecule has 0 spiro atoms. The number of β-lactam (4-membered cyclic amide) rings is 1. The third-order valence-corrected chi connectivity index (χ3v) is 6.12. The molecule has 1 amide bonds. The number of fused-ring (bicyclic) bond motifs is 3. The second kappa shape index (κ2) is 6.68. The predicted molar refractivity (Wildman–Crippen MR) is 109 cm³/mol. The molecule has 2 aromatic carbocycles. The van der Waals surface area contributed by atoms with Crippen molar-refractivity contribution >= 4 is 44.9 Å². The Morgan fingerprint density at radius 3 is 2.79 bits per heavy atom. The zero-order valence-corrected chi connectivity index (χ0v) is 16.4. The van der Waals surface area contributed by atoms with Crippen molar-refractivity contribution in [1.82, 2.24) is 15.2 Å². The van der Waals surface area contributed by atoms with Crippen LogP contribution in [0.3, 0.4) is 0 Å². The molecule has 0 N–H and O–H groups in total. The molecule has 1 fully saturated rings. The second-order valence-corrected chi connectivity index (χ2v) is 7.85. The first-order valence-corrected chi connectivity index (χ1v) is 10.1. The van der Waals surface area contributed by atoms with Crippen LogP contribution in [0.4, 0.5) is 5.13 Å². The summed E-state index contributed by atoms with van der Waals surface area (Å²) in [5, 5.41) is 10.2. The van der Waals surface area contributed by atoms with Gasteiger partial charge in [-0.25, -0.2) is 4.98 Å². The molecule has 0 bridgehead atoms. The Kier molecular flexibility index (Phi) is 4.14. The van der Waals surface area contributed by atoms with Gasteiger partial charge in [-0.05, 0) is 30.7 Å². The van der Waals surface area contributed by atoms with Gasteiger partial charge in [0.2, 0.25) is 11.0 Å². The summed E-state index contributed by atoms with van der Waals surface area (Å²) in [6.07, 6.45) is 0. The third kappa shape index (κ3) is 2.62. The topological polar surface area (TPSA) is 68.2 Å². The van der Waals surface area contributed by atoms with Crippen LogP contribution in [0.5, 0.6) is 5.75 Å². The fourth-order valence-electron chi connectivity index (χ4n) is 3.44. The van der Waals surface area contributed by atoms with E-state index >= 15 is 0 Å². The van der Waals surface area contributed by atoms with Gasteiger partial charge in [0.05, 0.1) is 18.2 Å². The number of rotatable bonds is 4. The highest BCUT2D eigenvalue weighted by atomic mass is 35.5. The van der Waals surface area contributed by atoms with E-state index in [1.165, 1.54) is 11.3 Å². The predicted octanol–water partition coefficient (Wildman–Crippen LogP) is 4.29. The fraction of sp³-hybridized carbons (Fsp3) is 0.200. The van der Waals surface area contributed by atoms with Gasteiger partial charge in [-0.15, -0.1) is 21.8 Å². The van der Waals surface area contributed by atoms with Gasteiger partial charge >= 0.3 is 0 Å². The van der Waals surface area contributed by atoms with Crippen LogP contribution < -0.4 is 9.64 Å². The normalized spacial score (nSPS) is 19.2. The monoisotopic (exact) mass is 410 g/mol. The molecule has 140 valence electrons. The Balaban J connectivity index is 1.57. The van der Waals surface area contributed by atoms with E-state index in [2.05, 4.69) is 15.2 Å². The van der Waals surface area contributed by atoms with Crippen LogP contribution in [0.1, 0.15) is 18.5 Å². The van der Waals surface area contributed by atoms with Crippen LogP contribution in [-0.2, 0) is 4.79 Å². The number of anilines is 1. The summed E-state index contributed by atoms with van der Waals surface area (Å²) >= 11 is 7.65. The molecule has 3 aliphatic heterocycles. The van der Waals surface area contributed by atoms with Crippen molar-refractivity contribution in [3.05, 3.63) is 54.1 Å². The summed E-state index contributed by atoms with van der Waals surface area (Å²) in [4.78, 5) is 18.7. The van der Waals surface area contributed by atoms with Gasteiger partial charge in [0.25, 0.3) is 0 Å². The van der Waals surface area contributed by atoms with Crippen molar-refractivity contribution in [2.45, 2.75) is 18.3 Å². The van der Waals surface area contributed by atoms with E-state index in [4.69, 9.17) is 16.3 Å². The minimum atomic E-state index is -0.604.